The number of carboxylic acid groups (broad SMARTS) is 2. The maximum Gasteiger partial charge on any atom is 0.308 e. The second-order valence-electron chi connectivity index (χ2n) is 5.53. The van der Waals surface area contributed by atoms with E-state index in [9.17, 15) is 19.2 Å². The fourth-order valence-corrected chi connectivity index (χ4v) is 2.57. The largest absolute Gasteiger partial charge is 0.481 e. The number of rotatable bonds is 6. The van der Waals surface area contributed by atoms with E-state index in [2.05, 4.69) is 0 Å². The average Bonchev–Trinajstić information content (AvgIpc) is 2.50. The highest BCUT2D eigenvalue weighted by Gasteiger charge is 2.20. The van der Waals surface area contributed by atoms with Crippen molar-refractivity contribution in [2.45, 2.75) is 26.7 Å². The van der Waals surface area contributed by atoms with E-state index in [0.29, 0.717) is 10.8 Å². The first-order valence-electron chi connectivity index (χ1n) is 7.57. The predicted molar refractivity (Wildman–Crippen MR) is 89.2 cm³/mol. The number of hydrogen-bond acceptors (Lipinski definition) is 6. The van der Waals surface area contributed by atoms with Gasteiger partial charge in [0.2, 0.25) is 0 Å². The second-order valence-corrected chi connectivity index (χ2v) is 5.53. The van der Waals surface area contributed by atoms with Gasteiger partial charge >= 0.3 is 23.9 Å². The number of ether oxygens (including phenoxy) is 2. The van der Waals surface area contributed by atoms with E-state index < -0.39 is 23.9 Å². The van der Waals surface area contributed by atoms with Gasteiger partial charge in [0.15, 0.2) is 0 Å². The lowest BCUT2D eigenvalue weighted by atomic mass is 9.98. The van der Waals surface area contributed by atoms with Gasteiger partial charge in [-0.25, -0.2) is 0 Å². The summed E-state index contributed by atoms with van der Waals surface area (Å²) in [4.78, 5) is 45.0. The molecule has 0 fully saturated rings. The van der Waals surface area contributed by atoms with Crippen LogP contribution in [0.15, 0.2) is 24.3 Å². The predicted octanol–water partition coefficient (Wildman–Crippen LogP) is 1.94. The fourth-order valence-electron chi connectivity index (χ4n) is 2.57. The molecule has 26 heavy (non-hydrogen) atoms. The highest BCUT2D eigenvalue weighted by atomic mass is 16.5. The van der Waals surface area contributed by atoms with E-state index >= 15 is 0 Å². The number of benzene rings is 2. The molecular formula is C18H16O8. The molecule has 0 saturated heterocycles. The van der Waals surface area contributed by atoms with Gasteiger partial charge in [0.1, 0.15) is 11.5 Å². The molecule has 0 aliphatic heterocycles. The van der Waals surface area contributed by atoms with Gasteiger partial charge < -0.3 is 19.7 Å². The zero-order valence-electron chi connectivity index (χ0n) is 14.1. The molecule has 8 nitrogen and oxygen atoms in total. The van der Waals surface area contributed by atoms with E-state index in [1.807, 2.05) is 0 Å². The number of aliphatic carboxylic acids is 2. The molecule has 0 spiro atoms. The molecule has 0 unspecified atom stereocenters. The van der Waals surface area contributed by atoms with Crippen molar-refractivity contribution >= 4 is 34.6 Å². The van der Waals surface area contributed by atoms with Gasteiger partial charge in [-0.1, -0.05) is 24.3 Å². The van der Waals surface area contributed by atoms with Crippen LogP contribution in [-0.2, 0) is 32.0 Å². The van der Waals surface area contributed by atoms with Gasteiger partial charge in [-0.3, -0.25) is 19.2 Å². The standard InChI is InChI=1S/C18H16O8/c1-9(19)25-17-11(7-15(21)22)3-6-14-13(17)5-4-12(8-16(23)24)18(14)26-10(2)20/h3-6H,7-8H2,1-2H3,(H,21,22)(H,23,24). The lowest BCUT2D eigenvalue weighted by molar-refractivity contribution is -0.137. The Hall–Kier alpha value is -3.42. The van der Waals surface area contributed by atoms with E-state index in [1.165, 1.54) is 38.1 Å². The molecule has 0 radical (unpaired) electrons. The number of esters is 2. The third-order valence-electron chi connectivity index (χ3n) is 3.44. The molecule has 136 valence electrons. The first-order valence-corrected chi connectivity index (χ1v) is 7.57. The van der Waals surface area contributed by atoms with Crippen LogP contribution in [0.25, 0.3) is 10.8 Å². The first kappa shape index (κ1) is 18.9. The van der Waals surface area contributed by atoms with E-state index in [1.54, 1.807) is 0 Å². The van der Waals surface area contributed by atoms with Crippen LogP contribution in [0.1, 0.15) is 25.0 Å². The van der Waals surface area contributed by atoms with Crippen LogP contribution in [0.3, 0.4) is 0 Å². The summed E-state index contributed by atoms with van der Waals surface area (Å²) in [5, 5.41) is 18.8. The van der Waals surface area contributed by atoms with Crippen molar-refractivity contribution in [2.24, 2.45) is 0 Å². The summed E-state index contributed by atoms with van der Waals surface area (Å²) in [5.74, 6) is -3.44. The Morgan fingerprint density at radius 3 is 1.35 bits per heavy atom. The maximum atomic E-state index is 11.4. The van der Waals surface area contributed by atoms with Gasteiger partial charge in [0, 0.05) is 35.7 Å². The fraction of sp³-hybridized carbons (Fsp3) is 0.222. The highest BCUT2D eigenvalue weighted by Crippen LogP contribution is 2.38. The number of hydrogen-bond donors (Lipinski definition) is 2. The molecule has 2 aromatic carbocycles. The van der Waals surface area contributed by atoms with Crippen molar-refractivity contribution in [2.75, 3.05) is 0 Å². The molecular weight excluding hydrogens is 344 g/mol. The molecule has 2 N–H and O–H groups in total. The lowest BCUT2D eigenvalue weighted by Crippen LogP contribution is -2.10. The minimum atomic E-state index is -1.11. The molecule has 0 aliphatic rings. The molecule has 0 bridgehead atoms. The molecule has 8 heteroatoms. The van der Waals surface area contributed by atoms with E-state index in [0.717, 1.165) is 0 Å². The van der Waals surface area contributed by atoms with E-state index in [-0.39, 0.29) is 35.5 Å². The van der Waals surface area contributed by atoms with Gasteiger partial charge in [-0.2, -0.15) is 0 Å². The van der Waals surface area contributed by atoms with Crippen LogP contribution in [-0.4, -0.2) is 34.1 Å². The molecule has 0 aromatic heterocycles. The molecule has 0 heterocycles. The Kier molecular flexibility index (Phi) is 5.56. The Labute approximate surface area is 147 Å². The van der Waals surface area contributed by atoms with Crippen molar-refractivity contribution < 1.29 is 38.9 Å². The zero-order valence-corrected chi connectivity index (χ0v) is 14.1. The first-order chi connectivity index (χ1) is 12.2. The Balaban J connectivity index is 2.77. The number of fused-ring (bicyclic) bond motifs is 1. The Morgan fingerprint density at radius 2 is 1.08 bits per heavy atom. The summed E-state index contributed by atoms with van der Waals surface area (Å²) in [7, 11) is 0. The molecule has 0 saturated carbocycles. The van der Waals surface area contributed by atoms with Crippen LogP contribution >= 0.6 is 0 Å². The summed E-state index contributed by atoms with van der Waals surface area (Å²) in [6.45, 7) is 2.35. The van der Waals surface area contributed by atoms with Crippen molar-refractivity contribution in [1.82, 2.24) is 0 Å². The number of carbonyl (C=O) groups excluding carboxylic acids is 2. The third-order valence-corrected chi connectivity index (χ3v) is 3.44. The Bertz CT molecular complexity index is 838. The van der Waals surface area contributed by atoms with Gasteiger partial charge in [-0.05, 0) is 0 Å². The van der Waals surface area contributed by atoms with Gasteiger partial charge in [-0.15, -0.1) is 0 Å². The number of carbonyl (C=O) groups is 4. The van der Waals surface area contributed by atoms with Crippen LogP contribution in [0.5, 0.6) is 11.5 Å². The van der Waals surface area contributed by atoms with Crippen molar-refractivity contribution in [3.05, 3.63) is 35.4 Å². The van der Waals surface area contributed by atoms with Crippen LogP contribution in [0, 0.1) is 0 Å². The molecule has 0 atom stereocenters. The summed E-state index contributed by atoms with van der Waals surface area (Å²) >= 11 is 0. The highest BCUT2D eigenvalue weighted by molar-refractivity contribution is 5.98. The molecule has 0 amide bonds. The quantitative estimate of drug-likeness (QED) is 0.591. The van der Waals surface area contributed by atoms with Crippen LogP contribution in [0.2, 0.25) is 0 Å². The monoisotopic (exact) mass is 360 g/mol. The molecule has 2 aromatic rings. The lowest BCUT2D eigenvalue weighted by Gasteiger charge is -2.15. The SMILES string of the molecule is CC(=O)Oc1c(CC(=O)O)ccc2c(OC(C)=O)c(CC(=O)O)ccc12. The maximum absolute atomic E-state index is 11.4. The summed E-state index contributed by atoms with van der Waals surface area (Å²) in [6.07, 6.45) is -0.753. The summed E-state index contributed by atoms with van der Waals surface area (Å²) in [5.41, 5.74) is 0.528. The second kappa shape index (κ2) is 7.64. The third kappa shape index (κ3) is 4.35. The normalized spacial score (nSPS) is 10.4. The Morgan fingerprint density at radius 1 is 0.731 bits per heavy atom. The van der Waals surface area contributed by atoms with E-state index in [4.69, 9.17) is 19.7 Å². The van der Waals surface area contributed by atoms with Crippen LogP contribution in [0.4, 0.5) is 0 Å². The topological polar surface area (TPSA) is 127 Å². The smallest absolute Gasteiger partial charge is 0.308 e. The van der Waals surface area contributed by atoms with Crippen molar-refractivity contribution in [3.8, 4) is 11.5 Å². The van der Waals surface area contributed by atoms with Gasteiger partial charge in [0.25, 0.3) is 0 Å². The van der Waals surface area contributed by atoms with Crippen molar-refractivity contribution in [1.29, 1.82) is 0 Å². The summed E-state index contributed by atoms with van der Waals surface area (Å²) < 4.78 is 10.4. The van der Waals surface area contributed by atoms with Gasteiger partial charge in [0.05, 0.1) is 12.8 Å². The minimum absolute atomic E-state index is 0.0349. The molecule has 0 aliphatic carbocycles. The zero-order chi connectivity index (χ0) is 19.4. The summed E-state index contributed by atoms with van der Waals surface area (Å²) in [6, 6.07) is 5.88. The average molecular weight is 360 g/mol. The van der Waals surface area contributed by atoms with Crippen LogP contribution < -0.4 is 9.47 Å². The van der Waals surface area contributed by atoms with Crippen molar-refractivity contribution in [3.63, 3.8) is 0 Å². The minimum Gasteiger partial charge on any atom is -0.481 e. The number of carboxylic acids is 2. The molecule has 2 rings (SSSR count).